The Hall–Kier alpha value is -5.00. The van der Waals surface area contributed by atoms with Crippen LogP contribution in [0.3, 0.4) is 0 Å². The Bertz CT molecular complexity index is 1510. The van der Waals surface area contributed by atoms with Crippen molar-refractivity contribution in [1.29, 1.82) is 0 Å². The number of carbonyl (C=O) groups is 4. The van der Waals surface area contributed by atoms with Gasteiger partial charge < -0.3 is 38.9 Å². The van der Waals surface area contributed by atoms with Gasteiger partial charge in [-0.25, -0.2) is 0 Å². The van der Waals surface area contributed by atoms with Gasteiger partial charge in [0.25, 0.3) is 0 Å². The molecule has 0 spiro atoms. The molecule has 0 aliphatic heterocycles. The molecule has 4 rings (SSSR count). The lowest BCUT2D eigenvalue weighted by atomic mass is 10.1. The lowest BCUT2D eigenvalue weighted by Crippen LogP contribution is -2.07. The number of aromatic nitrogens is 4. The zero-order valence-corrected chi connectivity index (χ0v) is 24.4. The molecule has 222 valence electrons. The Morgan fingerprint density at radius 2 is 0.738 bits per heavy atom. The first-order valence-electron chi connectivity index (χ1n) is 13.2. The lowest BCUT2D eigenvalue weighted by Gasteiger charge is -2.05. The summed E-state index contributed by atoms with van der Waals surface area (Å²) in [6, 6.07) is 7.36. The first kappa shape index (κ1) is 30.0. The van der Waals surface area contributed by atoms with Gasteiger partial charge in [0.05, 0.1) is 88.3 Å². The van der Waals surface area contributed by atoms with Crippen LogP contribution in [0, 0.1) is 13.8 Å². The molecule has 0 fully saturated rings. The molecule has 0 saturated heterocycles. The molecular weight excluding hydrogens is 544 g/mol. The molecule has 12 heteroatoms. The summed E-state index contributed by atoms with van der Waals surface area (Å²) < 4.78 is 19.5. The number of esters is 4. The molecule has 12 nitrogen and oxygen atoms in total. The van der Waals surface area contributed by atoms with E-state index >= 15 is 0 Å². The van der Waals surface area contributed by atoms with Crippen molar-refractivity contribution in [3.05, 3.63) is 57.9 Å². The summed E-state index contributed by atoms with van der Waals surface area (Å²) >= 11 is 0. The van der Waals surface area contributed by atoms with Gasteiger partial charge in [-0.05, 0) is 60.4 Å². The van der Waals surface area contributed by atoms with Gasteiger partial charge in [0.2, 0.25) is 0 Å². The Morgan fingerprint density at radius 3 is 1.05 bits per heavy atom. The molecule has 4 N–H and O–H groups in total. The summed E-state index contributed by atoms with van der Waals surface area (Å²) in [4.78, 5) is 61.9. The van der Waals surface area contributed by atoms with E-state index in [4.69, 9.17) is 18.9 Å². The zero-order valence-electron chi connectivity index (χ0n) is 24.4. The number of rotatable bonds is 11. The maximum Gasteiger partial charge on any atom is 0.310 e. The lowest BCUT2D eigenvalue weighted by molar-refractivity contribution is -0.140. The van der Waals surface area contributed by atoms with Gasteiger partial charge in [-0.2, -0.15) is 0 Å². The van der Waals surface area contributed by atoms with Crippen LogP contribution in [-0.2, 0) is 63.8 Å². The average molecular weight is 579 g/mol. The number of aromatic amines is 4. The largest absolute Gasteiger partial charge is 0.469 e. The molecule has 4 aromatic rings. The highest BCUT2D eigenvalue weighted by Gasteiger charge is 2.23. The van der Waals surface area contributed by atoms with Crippen molar-refractivity contribution in [3.63, 3.8) is 0 Å². The van der Waals surface area contributed by atoms with Crippen LogP contribution in [0.15, 0.2) is 24.3 Å². The first-order chi connectivity index (χ1) is 20.1. The molecule has 0 aromatic carbocycles. The second kappa shape index (κ2) is 12.7. The minimum Gasteiger partial charge on any atom is -0.469 e. The first-order valence-corrected chi connectivity index (χ1v) is 13.2. The highest BCUT2D eigenvalue weighted by molar-refractivity contribution is 5.84. The number of aryl methyl sites for hydroxylation is 2. The highest BCUT2D eigenvalue weighted by Crippen LogP contribution is 2.35. The second-order valence-corrected chi connectivity index (χ2v) is 9.84. The Morgan fingerprint density at radius 1 is 0.476 bits per heavy atom. The van der Waals surface area contributed by atoms with Crippen molar-refractivity contribution in [2.24, 2.45) is 0 Å². The third kappa shape index (κ3) is 6.48. The number of hydrogen-bond donors (Lipinski definition) is 4. The van der Waals surface area contributed by atoms with E-state index in [0.717, 1.165) is 22.5 Å². The summed E-state index contributed by atoms with van der Waals surface area (Å²) in [6.45, 7) is 3.72. The quantitative estimate of drug-likeness (QED) is 0.155. The van der Waals surface area contributed by atoms with Crippen molar-refractivity contribution in [2.45, 2.75) is 39.5 Å². The zero-order chi connectivity index (χ0) is 30.6. The van der Waals surface area contributed by atoms with Crippen LogP contribution in [0.4, 0.5) is 0 Å². The molecule has 4 aromatic heterocycles. The van der Waals surface area contributed by atoms with Gasteiger partial charge in [0.1, 0.15) is 0 Å². The van der Waals surface area contributed by atoms with Crippen LogP contribution in [0.25, 0.3) is 34.2 Å². The minimum atomic E-state index is -0.440. The Balaban J connectivity index is 1.82. The van der Waals surface area contributed by atoms with E-state index in [-0.39, 0.29) is 37.6 Å². The second-order valence-electron chi connectivity index (χ2n) is 9.84. The Kier molecular flexibility index (Phi) is 9.04. The van der Waals surface area contributed by atoms with Gasteiger partial charge >= 0.3 is 23.9 Å². The highest BCUT2D eigenvalue weighted by atomic mass is 16.5. The third-order valence-electron chi connectivity index (χ3n) is 7.12. The van der Waals surface area contributed by atoms with Gasteiger partial charge in [-0.1, -0.05) is 0 Å². The van der Waals surface area contributed by atoms with Crippen LogP contribution in [0.2, 0.25) is 0 Å². The van der Waals surface area contributed by atoms with E-state index in [0.29, 0.717) is 45.3 Å². The van der Waals surface area contributed by atoms with Gasteiger partial charge in [-0.15, -0.1) is 0 Å². The fourth-order valence-electron chi connectivity index (χ4n) is 4.78. The molecule has 0 unspecified atom stereocenters. The van der Waals surface area contributed by atoms with E-state index in [1.165, 1.54) is 28.4 Å². The average Bonchev–Trinajstić information content (AvgIpc) is 3.74. The fraction of sp³-hybridized carbons (Fsp3) is 0.333. The maximum absolute atomic E-state index is 12.4. The predicted octanol–water partition coefficient (Wildman–Crippen LogP) is 3.48. The Labute approximate surface area is 242 Å². The monoisotopic (exact) mass is 578 g/mol. The van der Waals surface area contributed by atoms with Crippen LogP contribution < -0.4 is 0 Å². The van der Waals surface area contributed by atoms with E-state index in [9.17, 15) is 19.2 Å². The van der Waals surface area contributed by atoms with E-state index in [1.807, 2.05) is 38.1 Å². The van der Waals surface area contributed by atoms with Crippen LogP contribution in [0.5, 0.6) is 0 Å². The number of ether oxygens (including phenoxy) is 4. The number of methoxy groups -OCH3 is 4. The molecule has 0 bridgehead atoms. The summed E-state index contributed by atoms with van der Waals surface area (Å²) in [5, 5.41) is 0. The number of nitrogens with one attached hydrogen (secondary N) is 4. The SMILES string of the molecule is COC(=O)Cc1cc(-c2cc(CC(=O)OC)c(-c3[nH]c(-c4cc(CC(=O)OC)c(C)[nH]4)cc3CC(=O)OC)[nH]2)[nH]c1C. The summed E-state index contributed by atoms with van der Waals surface area (Å²) in [5.74, 6) is -1.60. The standard InChI is InChI=1S/C30H34N4O8/c1-15-17(11-25(35)39-3)7-21(31-15)23-9-19(13-27(37)41-5)29(33-23)30-20(14-28(38)42-6)10-24(34-30)22-8-18(16(2)32-22)12-26(36)40-4/h7-10,31-34H,11-14H2,1-6H3. The third-order valence-corrected chi connectivity index (χ3v) is 7.12. The molecule has 0 amide bonds. The fourth-order valence-corrected chi connectivity index (χ4v) is 4.78. The van der Waals surface area contributed by atoms with Gasteiger partial charge in [0.15, 0.2) is 0 Å². The van der Waals surface area contributed by atoms with Crippen molar-refractivity contribution in [3.8, 4) is 34.2 Å². The smallest absolute Gasteiger partial charge is 0.310 e. The molecule has 42 heavy (non-hydrogen) atoms. The van der Waals surface area contributed by atoms with Gasteiger partial charge in [-0.3, -0.25) is 19.2 Å². The summed E-state index contributed by atoms with van der Waals surface area (Å²) in [5.41, 5.74) is 8.34. The van der Waals surface area contributed by atoms with Crippen LogP contribution in [0.1, 0.15) is 33.6 Å². The van der Waals surface area contributed by atoms with Crippen LogP contribution >= 0.6 is 0 Å². The number of H-pyrrole nitrogens is 4. The molecule has 0 saturated carbocycles. The molecule has 0 aliphatic carbocycles. The molecule has 0 atom stereocenters. The predicted molar refractivity (Wildman–Crippen MR) is 153 cm³/mol. The van der Waals surface area contributed by atoms with Gasteiger partial charge in [0, 0.05) is 11.4 Å². The summed E-state index contributed by atoms with van der Waals surface area (Å²) in [7, 11) is 5.31. The summed E-state index contributed by atoms with van der Waals surface area (Å²) in [6.07, 6.45) is 0.151. The topological polar surface area (TPSA) is 168 Å². The molecule has 0 radical (unpaired) electrons. The van der Waals surface area contributed by atoms with Crippen molar-refractivity contribution in [1.82, 2.24) is 19.9 Å². The van der Waals surface area contributed by atoms with E-state index in [1.54, 1.807) is 0 Å². The number of carbonyl (C=O) groups excluding carboxylic acids is 4. The normalized spacial score (nSPS) is 10.9. The van der Waals surface area contributed by atoms with E-state index in [2.05, 4.69) is 19.9 Å². The van der Waals surface area contributed by atoms with Crippen molar-refractivity contribution >= 4 is 23.9 Å². The minimum absolute atomic E-state index is 0.0338. The molecule has 0 aliphatic rings. The molecule has 4 heterocycles. The van der Waals surface area contributed by atoms with Crippen LogP contribution in [-0.4, -0.2) is 72.3 Å². The number of hydrogen-bond acceptors (Lipinski definition) is 8. The molecular formula is C30H34N4O8. The van der Waals surface area contributed by atoms with Crippen molar-refractivity contribution in [2.75, 3.05) is 28.4 Å². The maximum atomic E-state index is 12.4. The van der Waals surface area contributed by atoms with E-state index < -0.39 is 11.9 Å². The van der Waals surface area contributed by atoms with Crippen molar-refractivity contribution < 1.29 is 38.1 Å².